The summed E-state index contributed by atoms with van der Waals surface area (Å²) in [5.41, 5.74) is 5.14. The lowest BCUT2D eigenvalue weighted by Crippen LogP contribution is -2.30. The van der Waals surface area contributed by atoms with E-state index < -0.39 is 5.54 Å². The maximum Gasteiger partial charge on any atom is 0.128 e. The van der Waals surface area contributed by atoms with Crippen LogP contribution in [0.5, 0.6) is 0 Å². The number of likely N-dealkylation sites (tertiary alicyclic amines) is 1. The van der Waals surface area contributed by atoms with Gasteiger partial charge >= 0.3 is 0 Å². The van der Waals surface area contributed by atoms with Crippen LogP contribution in [0.2, 0.25) is 0 Å². The van der Waals surface area contributed by atoms with Crippen molar-refractivity contribution in [1.29, 1.82) is 0 Å². The van der Waals surface area contributed by atoms with E-state index >= 15 is 0 Å². The molecule has 3 aliphatic rings. The van der Waals surface area contributed by atoms with Crippen molar-refractivity contribution < 1.29 is 4.39 Å². The fraction of sp³-hybridized carbons (Fsp3) is 0.517. The van der Waals surface area contributed by atoms with Crippen LogP contribution in [0.4, 0.5) is 4.39 Å². The van der Waals surface area contributed by atoms with Crippen molar-refractivity contribution in [2.24, 2.45) is 9.98 Å². The highest BCUT2D eigenvalue weighted by molar-refractivity contribution is 6.15. The molecule has 2 aliphatic heterocycles. The third kappa shape index (κ3) is 5.68. The van der Waals surface area contributed by atoms with Gasteiger partial charge in [0.25, 0.3) is 0 Å². The Labute approximate surface area is 204 Å². The molecule has 34 heavy (non-hydrogen) atoms. The van der Waals surface area contributed by atoms with Gasteiger partial charge in [0, 0.05) is 36.6 Å². The van der Waals surface area contributed by atoms with Gasteiger partial charge in [0.15, 0.2) is 0 Å². The van der Waals surface area contributed by atoms with Gasteiger partial charge in [-0.1, -0.05) is 31.9 Å². The van der Waals surface area contributed by atoms with Crippen molar-refractivity contribution in [3.8, 4) is 0 Å². The van der Waals surface area contributed by atoms with Crippen LogP contribution in [0.15, 0.2) is 58.4 Å². The van der Waals surface area contributed by atoms with E-state index in [1.54, 1.807) is 13.0 Å². The molecule has 1 unspecified atom stereocenters. The van der Waals surface area contributed by atoms with Gasteiger partial charge in [-0.3, -0.25) is 4.99 Å². The number of halogens is 1. The smallest absolute Gasteiger partial charge is 0.128 e. The lowest BCUT2D eigenvalue weighted by atomic mass is 9.90. The molecule has 0 aromatic heterocycles. The molecule has 0 amide bonds. The van der Waals surface area contributed by atoms with Crippen molar-refractivity contribution in [3.05, 3.63) is 71.0 Å². The summed E-state index contributed by atoms with van der Waals surface area (Å²) in [4.78, 5) is 12.0. The number of hydrogen-bond acceptors (Lipinski definition) is 4. The molecule has 5 heteroatoms. The summed E-state index contributed by atoms with van der Waals surface area (Å²) in [5.74, 6) is 0.717. The van der Waals surface area contributed by atoms with Gasteiger partial charge in [-0.15, -0.1) is 0 Å². The summed E-state index contributed by atoms with van der Waals surface area (Å²) in [5, 5.41) is 3.69. The number of rotatable bonds is 8. The Kier molecular flexibility index (Phi) is 7.39. The predicted molar refractivity (Wildman–Crippen MR) is 141 cm³/mol. The topological polar surface area (TPSA) is 40.0 Å². The van der Waals surface area contributed by atoms with Crippen LogP contribution in [0.1, 0.15) is 75.5 Å². The highest BCUT2D eigenvalue weighted by atomic mass is 19.1. The molecule has 2 heterocycles. The Hall–Kier alpha value is -2.69. The van der Waals surface area contributed by atoms with Crippen molar-refractivity contribution in [1.82, 2.24) is 10.2 Å². The molecular weight excluding hydrogens is 423 g/mol. The molecule has 1 aliphatic carbocycles. The molecule has 4 rings (SSSR count). The normalized spacial score (nSPS) is 24.0. The fourth-order valence-electron chi connectivity index (χ4n) is 5.20. The van der Waals surface area contributed by atoms with Crippen LogP contribution in [-0.4, -0.2) is 35.5 Å². The number of aliphatic imine (C=N–C) groups is 2. The number of nitrogens with one attached hydrogen (secondary N) is 1. The minimum Gasteiger partial charge on any atom is -0.372 e. The molecule has 1 saturated heterocycles. The molecule has 1 N–H and O–H groups in total. The van der Waals surface area contributed by atoms with Crippen molar-refractivity contribution in [3.63, 3.8) is 0 Å². The van der Waals surface area contributed by atoms with Crippen LogP contribution in [-0.2, 0) is 5.54 Å². The van der Waals surface area contributed by atoms with Gasteiger partial charge in [-0.25, -0.2) is 9.38 Å². The summed E-state index contributed by atoms with van der Waals surface area (Å²) in [6, 6.07) is 4.01. The van der Waals surface area contributed by atoms with Gasteiger partial charge < -0.3 is 10.2 Å². The zero-order valence-corrected chi connectivity index (χ0v) is 21.3. The molecule has 4 nitrogen and oxygen atoms in total. The minimum atomic E-state index is -0.446. The van der Waals surface area contributed by atoms with E-state index in [0.29, 0.717) is 11.6 Å². The lowest BCUT2D eigenvalue weighted by molar-refractivity contribution is 0.394. The zero-order chi connectivity index (χ0) is 24.3. The van der Waals surface area contributed by atoms with Crippen LogP contribution in [0.3, 0.4) is 0 Å². The Morgan fingerprint density at radius 3 is 2.56 bits per heavy atom. The fourth-order valence-corrected chi connectivity index (χ4v) is 5.20. The second-order valence-corrected chi connectivity index (χ2v) is 10.3. The molecule has 182 valence electrons. The Morgan fingerprint density at radius 1 is 1.15 bits per heavy atom. The Morgan fingerprint density at radius 2 is 1.85 bits per heavy atom. The number of benzene rings is 1. The van der Waals surface area contributed by atoms with E-state index in [4.69, 9.17) is 9.98 Å². The summed E-state index contributed by atoms with van der Waals surface area (Å²) in [6.45, 7) is 14.3. The summed E-state index contributed by atoms with van der Waals surface area (Å²) in [6.07, 6.45) is 14.9. The van der Waals surface area contributed by atoms with Crippen LogP contribution < -0.4 is 5.32 Å². The van der Waals surface area contributed by atoms with Gasteiger partial charge in [0.2, 0.25) is 0 Å². The molecule has 0 spiro atoms. The molecular formula is C29H39FN4. The lowest BCUT2D eigenvalue weighted by Gasteiger charge is -2.25. The highest BCUT2D eigenvalue weighted by Crippen LogP contribution is 2.41. The molecule has 0 radical (unpaired) electrons. The number of allylic oxidation sites excluding steroid dienone is 2. The quantitative estimate of drug-likeness (QED) is 0.354. The van der Waals surface area contributed by atoms with E-state index in [0.717, 1.165) is 47.2 Å². The molecule has 1 aromatic rings. The van der Waals surface area contributed by atoms with Crippen molar-refractivity contribution >= 4 is 11.4 Å². The molecule has 0 bridgehead atoms. The summed E-state index contributed by atoms with van der Waals surface area (Å²) >= 11 is 0. The van der Waals surface area contributed by atoms with Gasteiger partial charge in [0.1, 0.15) is 17.2 Å². The van der Waals surface area contributed by atoms with E-state index in [2.05, 4.69) is 22.9 Å². The van der Waals surface area contributed by atoms with Gasteiger partial charge in [-0.05, 0) is 88.3 Å². The van der Waals surface area contributed by atoms with Gasteiger partial charge in [0.05, 0.1) is 5.71 Å². The monoisotopic (exact) mass is 462 g/mol. The maximum atomic E-state index is 14.2. The maximum absolute atomic E-state index is 14.2. The third-order valence-electron chi connectivity index (χ3n) is 7.37. The summed E-state index contributed by atoms with van der Waals surface area (Å²) < 4.78 is 14.2. The predicted octanol–water partition coefficient (Wildman–Crippen LogP) is 6.50. The standard InChI is InChI=1S/C29H39FN4/c1-20-17-21(2)26(30)19-25(20)29(5)27(33-29)14-13-22(3)31-28(32-24-11-7-6-8-12-24)18-23(4)34-15-9-10-16-34/h13-14,17-19,24,32H,4,6-12,15-16H2,1-3,5H3/b14-13+,28-18+,31-22+. The number of hydrogen-bond donors (Lipinski definition) is 1. The average molecular weight is 463 g/mol. The molecule has 1 saturated carbocycles. The first-order chi connectivity index (χ1) is 16.3. The summed E-state index contributed by atoms with van der Waals surface area (Å²) in [7, 11) is 0. The molecule has 2 fully saturated rings. The minimum absolute atomic E-state index is 0.174. The molecule has 1 atom stereocenters. The van der Waals surface area contributed by atoms with E-state index in [9.17, 15) is 4.39 Å². The van der Waals surface area contributed by atoms with E-state index in [1.165, 1.54) is 44.9 Å². The van der Waals surface area contributed by atoms with E-state index in [1.807, 2.05) is 39.0 Å². The first kappa shape index (κ1) is 24.4. The highest BCUT2D eigenvalue weighted by Gasteiger charge is 2.43. The van der Waals surface area contributed by atoms with Gasteiger partial charge in [-0.2, -0.15) is 0 Å². The number of nitrogens with zero attached hydrogens (tertiary/aromatic N) is 3. The zero-order valence-electron chi connectivity index (χ0n) is 21.3. The Balaban J connectivity index is 1.47. The molecule has 1 aromatic carbocycles. The second-order valence-electron chi connectivity index (χ2n) is 10.3. The SMILES string of the molecule is C=C(\C=C(/N=C(C)/C=C/C1=NC1(C)c1cc(F)c(C)cc1C)NC1CCCCC1)N1CCCC1. The largest absolute Gasteiger partial charge is 0.372 e. The van der Waals surface area contributed by atoms with Crippen molar-refractivity contribution in [2.75, 3.05) is 13.1 Å². The van der Waals surface area contributed by atoms with Crippen molar-refractivity contribution in [2.45, 2.75) is 84.2 Å². The number of aryl methyl sites for hydroxylation is 2. The second kappa shape index (κ2) is 10.3. The first-order valence-electron chi connectivity index (χ1n) is 12.8. The van der Waals surface area contributed by atoms with E-state index in [-0.39, 0.29) is 5.82 Å². The average Bonchev–Trinajstić information content (AvgIpc) is 3.19. The Bertz CT molecular complexity index is 1050. The van der Waals surface area contributed by atoms with Crippen LogP contribution in [0, 0.1) is 19.7 Å². The third-order valence-corrected chi connectivity index (χ3v) is 7.37. The van der Waals surface area contributed by atoms with Crippen LogP contribution in [0.25, 0.3) is 0 Å². The first-order valence-corrected chi connectivity index (χ1v) is 12.8. The van der Waals surface area contributed by atoms with Crippen LogP contribution >= 0.6 is 0 Å².